The number of benzene rings is 2. The maximum Gasteiger partial charge on any atom is 0.268 e. The number of rotatable bonds is 4. The highest BCUT2D eigenvalue weighted by Crippen LogP contribution is 2.37. The number of aromatic nitrogens is 4. The summed E-state index contributed by atoms with van der Waals surface area (Å²) in [7, 11) is 0. The van der Waals surface area contributed by atoms with Crippen molar-refractivity contribution in [2.45, 2.75) is 44.9 Å². The molecule has 0 bridgehead atoms. The third-order valence-electron chi connectivity index (χ3n) is 5.90. The van der Waals surface area contributed by atoms with Crippen LogP contribution in [0.25, 0.3) is 28.5 Å². The molecule has 1 aliphatic rings. The Hall–Kier alpha value is -2.63. The normalized spacial score (nSPS) is 14.8. The summed E-state index contributed by atoms with van der Waals surface area (Å²) < 4.78 is 7.96. The van der Waals surface area contributed by atoms with E-state index in [-0.39, 0.29) is 0 Å². The summed E-state index contributed by atoms with van der Waals surface area (Å²) in [6.45, 7) is 2.02. The molecule has 1 saturated carbocycles. The monoisotopic (exact) mass is 452 g/mol. The molecule has 0 amide bonds. The van der Waals surface area contributed by atoms with Gasteiger partial charge in [0.1, 0.15) is 0 Å². The van der Waals surface area contributed by atoms with E-state index in [9.17, 15) is 0 Å². The van der Waals surface area contributed by atoms with Gasteiger partial charge in [0.05, 0.1) is 16.4 Å². The lowest BCUT2D eigenvalue weighted by molar-refractivity contribution is 0.366. The summed E-state index contributed by atoms with van der Waals surface area (Å²) in [5.74, 6) is 1.50. The van der Waals surface area contributed by atoms with Crippen LogP contribution in [-0.4, -0.2) is 20.0 Å². The van der Waals surface area contributed by atoms with Gasteiger partial charge < -0.3 is 4.42 Å². The summed E-state index contributed by atoms with van der Waals surface area (Å²) >= 11 is 12.7. The zero-order chi connectivity index (χ0) is 21.4. The van der Waals surface area contributed by atoms with E-state index in [0.717, 1.165) is 41.2 Å². The third-order valence-corrected chi connectivity index (χ3v) is 6.44. The molecule has 2 heterocycles. The van der Waals surface area contributed by atoms with Crippen LogP contribution < -0.4 is 0 Å². The fourth-order valence-corrected chi connectivity index (χ4v) is 4.79. The van der Waals surface area contributed by atoms with E-state index in [1.807, 2.05) is 41.9 Å². The van der Waals surface area contributed by atoms with Crippen LogP contribution in [0.15, 0.2) is 52.9 Å². The Morgan fingerprint density at radius 2 is 1.74 bits per heavy atom. The van der Waals surface area contributed by atoms with Crippen LogP contribution >= 0.6 is 23.2 Å². The lowest BCUT2D eigenvalue weighted by Crippen LogP contribution is -2.04. The first kappa shape index (κ1) is 20.3. The van der Waals surface area contributed by atoms with Crippen LogP contribution in [0, 0.1) is 6.92 Å². The first-order chi connectivity index (χ1) is 15.1. The molecule has 1 aliphatic carbocycles. The third kappa shape index (κ3) is 3.88. The van der Waals surface area contributed by atoms with Gasteiger partial charge in [-0.05, 0) is 38.0 Å². The molecule has 5 rings (SSSR count). The van der Waals surface area contributed by atoms with Crippen molar-refractivity contribution in [3.8, 4) is 28.5 Å². The molecule has 2 aromatic heterocycles. The minimum Gasteiger partial charge on any atom is -0.419 e. The molecule has 0 radical (unpaired) electrons. The zero-order valence-electron chi connectivity index (χ0n) is 17.2. The van der Waals surface area contributed by atoms with Crippen molar-refractivity contribution < 1.29 is 4.42 Å². The van der Waals surface area contributed by atoms with Crippen molar-refractivity contribution in [1.82, 2.24) is 20.0 Å². The zero-order valence-corrected chi connectivity index (χ0v) is 18.7. The van der Waals surface area contributed by atoms with E-state index in [2.05, 4.69) is 22.3 Å². The first-order valence-corrected chi connectivity index (χ1v) is 11.3. The first-order valence-electron chi connectivity index (χ1n) is 10.6. The maximum atomic E-state index is 6.54. The van der Waals surface area contributed by atoms with Gasteiger partial charge in [0, 0.05) is 22.1 Å². The lowest BCUT2D eigenvalue weighted by atomic mass is 9.89. The largest absolute Gasteiger partial charge is 0.419 e. The molecule has 0 aliphatic heterocycles. The number of hydrogen-bond donors (Lipinski definition) is 0. The minimum atomic E-state index is 0.344. The Morgan fingerprint density at radius 3 is 2.48 bits per heavy atom. The molecule has 2 aromatic carbocycles. The highest BCUT2D eigenvalue weighted by Gasteiger charge is 2.26. The Kier molecular flexibility index (Phi) is 5.55. The summed E-state index contributed by atoms with van der Waals surface area (Å²) in [4.78, 5) is 0. The summed E-state index contributed by atoms with van der Waals surface area (Å²) in [6.07, 6.45) is 5.91. The smallest absolute Gasteiger partial charge is 0.268 e. The standard InChI is InChI=1S/C24H22Cl2N4O/c1-15-21(24-28-27-23(31-24)17-10-6-3-7-11-17)29-30(20-13-12-18(25)14-19(20)26)22(15)16-8-4-2-5-9-16/h2,4-5,8-9,12-14,17H,3,6-7,10-11H2,1H3. The van der Waals surface area contributed by atoms with Gasteiger partial charge in [-0.25, -0.2) is 4.68 Å². The molecule has 31 heavy (non-hydrogen) atoms. The van der Waals surface area contributed by atoms with Gasteiger partial charge in [0.2, 0.25) is 5.89 Å². The molecule has 5 nitrogen and oxygen atoms in total. The molecule has 7 heteroatoms. The van der Waals surface area contributed by atoms with E-state index < -0.39 is 0 Å². The van der Waals surface area contributed by atoms with E-state index in [4.69, 9.17) is 32.7 Å². The van der Waals surface area contributed by atoms with Gasteiger partial charge in [-0.15, -0.1) is 10.2 Å². The number of nitrogens with zero attached hydrogens (tertiary/aromatic N) is 4. The molecular formula is C24H22Cl2N4O. The van der Waals surface area contributed by atoms with E-state index in [0.29, 0.717) is 27.5 Å². The minimum absolute atomic E-state index is 0.344. The second kappa shape index (κ2) is 8.48. The predicted molar refractivity (Wildman–Crippen MR) is 123 cm³/mol. The number of halogens is 2. The molecular weight excluding hydrogens is 431 g/mol. The molecule has 0 N–H and O–H groups in total. The van der Waals surface area contributed by atoms with Gasteiger partial charge in [-0.3, -0.25) is 0 Å². The van der Waals surface area contributed by atoms with Crippen molar-refractivity contribution in [3.63, 3.8) is 0 Å². The van der Waals surface area contributed by atoms with Crippen LogP contribution in [0.5, 0.6) is 0 Å². The summed E-state index contributed by atoms with van der Waals surface area (Å²) in [5.41, 5.74) is 4.32. The molecule has 0 unspecified atom stereocenters. The Morgan fingerprint density at radius 1 is 0.968 bits per heavy atom. The lowest BCUT2D eigenvalue weighted by Gasteiger charge is -2.17. The highest BCUT2D eigenvalue weighted by molar-refractivity contribution is 6.35. The van der Waals surface area contributed by atoms with Crippen LogP contribution in [-0.2, 0) is 0 Å². The molecule has 0 spiro atoms. The maximum absolute atomic E-state index is 6.54. The molecule has 0 saturated heterocycles. The number of hydrogen-bond acceptors (Lipinski definition) is 4. The Labute approximate surface area is 191 Å². The quantitative estimate of drug-likeness (QED) is 0.327. The highest BCUT2D eigenvalue weighted by atomic mass is 35.5. The van der Waals surface area contributed by atoms with Gasteiger partial charge >= 0.3 is 0 Å². The van der Waals surface area contributed by atoms with Crippen molar-refractivity contribution in [2.75, 3.05) is 0 Å². The molecule has 158 valence electrons. The van der Waals surface area contributed by atoms with Crippen LogP contribution in [0.1, 0.15) is 49.5 Å². The van der Waals surface area contributed by atoms with Gasteiger partial charge in [-0.1, -0.05) is 72.8 Å². The van der Waals surface area contributed by atoms with Crippen molar-refractivity contribution in [3.05, 3.63) is 70.0 Å². The van der Waals surface area contributed by atoms with Crippen molar-refractivity contribution >= 4 is 23.2 Å². The van der Waals surface area contributed by atoms with Gasteiger partial charge in [-0.2, -0.15) is 5.10 Å². The fourth-order valence-electron chi connectivity index (χ4n) is 4.31. The van der Waals surface area contributed by atoms with Crippen LogP contribution in [0.3, 0.4) is 0 Å². The summed E-state index contributed by atoms with van der Waals surface area (Å²) in [5, 5.41) is 14.7. The topological polar surface area (TPSA) is 56.7 Å². The van der Waals surface area contributed by atoms with Gasteiger partial charge in [0.25, 0.3) is 5.89 Å². The van der Waals surface area contributed by atoms with Crippen LogP contribution in [0.2, 0.25) is 10.0 Å². The SMILES string of the molecule is Cc1c(-c2nnc(C3CCCCC3)o2)nn(-c2ccc(Cl)cc2Cl)c1-c1ccccc1. The Balaban J connectivity index is 1.64. The van der Waals surface area contributed by atoms with Crippen molar-refractivity contribution in [2.24, 2.45) is 0 Å². The van der Waals surface area contributed by atoms with E-state index in [1.54, 1.807) is 6.07 Å². The molecule has 0 atom stereocenters. The average Bonchev–Trinajstić information content (AvgIpc) is 3.40. The average molecular weight is 453 g/mol. The van der Waals surface area contributed by atoms with Crippen LogP contribution in [0.4, 0.5) is 0 Å². The molecule has 1 fully saturated rings. The summed E-state index contributed by atoms with van der Waals surface area (Å²) in [6, 6.07) is 15.5. The van der Waals surface area contributed by atoms with E-state index >= 15 is 0 Å². The molecule has 4 aromatic rings. The Bertz CT molecular complexity index is 1210. The fraction of sp³-hybridized carbons (Fsp3) is 0.292. The predicted octanol–water partition coefficient (Wildman–Crippen LogP) is 7.25. The van der Waals surface area contributed by atoms with Gasteiger partial charge in [0.15, 0.2) is 5.69 Å². The second-order valence-electron chi connectivity index (χ2n) is 7.98. The van der Waals surface area contributed by atoms with E-state index in [1.165, 1.54) is 19.3 Å². The second-order valence-corrected chi connectivity index (χ2v) is 8.82. The van der Waals surface area contributed by atoms with Crippen molar-refractivity contribution in [1.29, 1.82) is 0 Å².